The predicted octanol–water partition coefficient (Wildman–Crippen LogP) is 2.33. The first-order valence-electron chi connectivity index (χ1n) is 4.94. The number of aromatic nitrogens is 3. The number of hydrogen-bond donors (Lipinski definition) is 2. The molecule has 0 bridgehead atoms. The molecule has 0 spiro atoms. The summed E-state index contributed by atoms with van der Waals surface area (Å²) in [4.78, 5) is 22.5. The van der Waals surface area contributed by atoms with Crippen molar-refractivity contribution in [1.82, 2.24) is 15.0 Å². The molecule has 17 heavy (non-hydrogen) atoms. The molecule has 0 atom stereocenters. The van der Waals surface area contributed by atoms with Gasteiger partial charge in [0, 0.05) is 0 Å². The Kier molecular flexibility index (Phi) is 3.48. The summed E-state index contributed by atoms with van der Waals surface area (Å²) in [5.74, 6) is 0.0190. The molecule has 2 heterocycles. The first-order chi connectivity index (χ1) is 7.99. The smallest absolute Gasteiger partial charge is 0.258 e. The van der Waals surface area contributed by atoms with Crippen LogP contribution in [0.25, 0.3) is 10.8 Å². The van der Waals surface area contributed by atoms with E-state index in [1.54, 1.807) is 6.20 Å². The molecule has 2 N–H and O–H groups in total. The van der Waals surface area contributed by atoms with Crippen LogP contribution >= 0.6 is 33.9 Å². The van der Waals surface area contributed by atoms with Crippen LogP contribution in [0.4, 0.5) is 0 Å². The molecule has 7 heteroatoms. The second-order valence-electron chi connectivity index (χ2n) is 3.78. The Morgan fingerprint density at radius 2 is 2.24 bits per heavy atom. The van der Waals surface area contributed by atoms with Crippen molar-refractivity contribution in [3.8, 4) is 16.7 Å². The molecule has 0 aliphatic heterocycles. The van der Waals surface area contributed by atoms with Gasteiger partial charge in [0.15, 0.2) is 10.8 Å². The maximum absolute atomic E-state index is 11.8. The average molecular weight is 363 g/mol. The maximum atomic E-state index is 11.8. The maximum Gasteiger partial charge on any atom is 0.258 e. The van der Waals surface area contributed by atoms with E-state index in [0.29, 0.717) is 16.4 Å². The standard InChI is InChI=1S/C10H10IN3O2S/c1-4(2)6-8(15)13-7(14-9(6)16)10-12-3-5(11)17-10/h3-4H,1-2H3,(H2,13,14,15,16). The van der Waals surface area contributed by atoms with E-state index in [9.17, 15) is 9.90 Å². The Bertz CT molecular complexity index is 606. The van der Waals surface area contributed by atoms with Crippen LogP contribution in [-0.4, -0.2) is 20.1 Å². The zero-order valence-electron chi connectivity index (χ0n) is 9.19. The molecule has 0 aromatic carbocycles. The third-order valence-electron chi connectivity index (χ3n) is 2.19. The summed E-state index contributed by atoms with van der Waals surface area (Å²) in [6, 6.07) is 0. The number of rotatable bonds is 2. The SMILES string of the molecule is CC(C)c1c(O)nc(-c2ncc(I)s2)[nH]c1=O. The molecular formula is C10H10IN3O2S. The van der Waals surface area contributed by atoms with Gasteiger partial charge in [-0.05, 0) is 28.5 Å². The van der Waals surface area contributed by atoms with Gasteiger partial charge in [0.2, 0.25) is 5.88 Å². The van der Waals surface area contributed by atoms with E-state index in [0.717, 1.165) is 2.88 Å². The van der Waals surface area contributed by atoms with Crippen molar-refractivity contribution >= 4 is 33.9 Å². The molecule has 0 amide bonds. The van der Waals surface area contributed by atoms with Gasteiger partial charge in [-0.25, -0.2) is 4.98 Å². The summed E-state index contributed by atoms with van der Waals surface area (Å²) in [6.07, 6.45) is 1.69. The fourth-order valence-electron chi connectivity index (χ4n) is 1.46. The molecule has 90 valence electrons. The van der Waals surface area contributed by atoms with Crippen molar-refractivity contribution in [3.63, 3.8) is 0 Å². The lowest BCUT2D eigenvalue weighted by Crippen LogP contribution is -2.16. The highest BCUT2D eigenvalue weighted by Crippen LogP contribution is 2.25. The minimum Gasteiger partial charge on any atom is -0.493 e. The summed E-state index contributed by atoms with van der Waals surface area (Å²) in [7, 11) is 0. The summed E-state index contributed by atoms with van der Waals surface area (Å²) in [5.41, 5.74) is -0.00675. The summed E-state index contributed by atoms with van der Waals surface area (Å²) < 4.78 is 0.993. The van der Waals surface area contributed by atoms with E-state index in [-0.39, 0.29) is 17.4 Å². The minimum atomic E-state index is -0.312. The lowest BCUT2D eigenvalue weighted by atomic mass is 10.1. The topological polar surface area (TPSA) is 78.9 Å². The molecule has 5 nitrogen and oxygen atoms in total. The van der Waals surface area contributed by atoms with Gasteiger partial charge in [-0.2, -0.15) is 4.98 Å². The summed E-state index contributed by atoms with van der Waals surface area (Å²) in [6.45, 7) is 3.66. The molecule has 0 aliphatic rings. The average Bonchev–Trinajstić information content (AvgIpc) is 2.63. The third-order valence-corrected chi connectivity index (χ3v) is 3.92. The monoisotopic (exact) mass is 363 g/mol. The number of thiazole rings is 1. The van der Waals surface area contributed by atoms with Gasteiger partial charge in [0.05, 0.1) is 14.6 Å². The predicted molar refractivity (Wildman–Crippen MR) is 74.4 cm³/mol. The Balaban J connectivity index is 2.57. The van der Waals surface area contributed by atoms with Crippen molar-refractivity contribution in [2.75, 3.05) is 0 Å². The van der Waals surface area contributed by atoms with Crippen LogP contribution in [0, 0.1) is 2.88 Å². The molecule has 0 saturated carbocycles. The highest BCUT2D eigenvalue weighted by molar-refractivity contribution is 14.1. The van der Waals surface area contributed by atoms with Gasteiger partial charge in [0.25, 0.3) is 5.56 Å². The van der Waals surface area contributed by atoms with E-state index in [2.05, 4.69) is 37.5 Å². The molecule has 2 aromatic rings. The van der Waals surface area contributed by atoms with Gasteiger partial charge in [-0.15, -0.1) is 11.3 Å². The number of nitrogens with zero attached hydrogens (tertiary/aromatic N) is 2. The molecule has 2 rings (SSSR count). The van der Waals surface area contributed by atoms with E-state index in [1.807, 2.05) is 13.8 Å². The van der Waals surface area contributed by atoms with Crippen LogP contribution < -0.4 is 5.56 Å². The highest BCUT2D eigenvalue weighted by atomic mass is 127. The Hall–Kier alpha value is -0.960. The second kappa shape index (κ2) is 4.73. The van der Waals surface area contributed by atoms with Crippen LogP contribution in [0.15, 0.2) is 11.0 Å². The first-order valence-corrected chi connectivity index (χ1v) is 6.83. The number of aromatic amines is 1. The van der Waals surface area contributed by atoms with Crippen molar-refractivity contribution in [3.05, 3.63) is 25.0 Å². The largest absolute Gasteiger partial charge is 0.493 e. The molecule has 2 aromatic heterocycles. The van der Waals surface area contributed by atoms with Gasteiger partial charge in [-0.1, -0.05) is 13.8 Å². The molecular weight excluding hydrogens is 353 g/mol. The molecule has 0 saturated heterocycles. The van der Waals surface area contributed by atoms with Crippen LogP contribution in [0.5, 0.6) is 5.88 Å². The van der Waals surface area contributed by atoms with Crippen LogP contribution in [-0.2, 0) is 0 Å². The number of H-pyrrole nitrogens is 1. The van der Waals surface area contributed by atoms with Crippen LogP contribution in [0.3, 0.4) is 0 Å². The number of hydrogen-bond acceptors (Lipinski definition) is 5. The number of aromatic hydroxyl groups is 1. The van der Waals surface area contributed by atoms with E-state index < -0.39 is 0 Å². The Morgan fingerprint density at radius 1 is 1.53 bits per heavy atom. The van der Waals surface area contributed by atoms with E-state index >= 15 is 0 Å². The quantitative estimate of drug-likeness (QED) is 0.803. The lowest BCUT2D eigenvalue weighted by molar-refractivity contribution is 0.440. The number of nitrogens with one attached hydrogen (secondary N) is 1. The zero-order valence-corrected chi connectivity index (χ0v) is 12.2. The minimum absolute atomic E-state index is 0.0725. The fraction of sp³-hybridized carbons (Fsp3) is 0.300. The van der Waals surface area contributed by atoms with Crippen molar-refractivity contribution in [2.45, 2.75) is 19.8 Å². The lowest BCUT2D eigenvalue weighted by Gasteiger charge is -2.06. The Labute approximate surface area is 115 Å². The zero-order chi connectivity index (χ0) is 12.6. The van der Waals surface area contributed by atoms with E-state index in [4.69, 9.17) is 0 Å². The molecule has 0 fully saturated rings. The molecule has 0 aliphatic carbocycles. The van der Waals surface area contributed by atoms with E-state index in [1.165, 1.54) is 11.3 Å². The normalized spacial score (nSPS) is 11.1. The number of halogens is 1. The highest BCUT2D eigenvalue weighted by Gasteiger charge is 2.16. The van der Waals surface area contributed by atoms with Crippen LogP contribution in [0.1, 0.15) is 25.3 Å². The van der Waals surface area contributed by atoms with Gasteiger partial charge < -0.3 is 10.1 Å². The molecule has 0 radical (unpaired) electrons. The van der Waals surface area contributed by atoms with Crippen molar-refractivity contribution in [2.24, 2.45) is 0 Å². The molecule has 0 unspecified atom stereocenters. The Morgan fingerprint density at radius 3 is 2.71 bits per heavy atom. The first kappa shape index (κ1) is 12.5. The third kappa shape index (κ3) is 2.49. The summed E-state index contributed by atoms with van der Waals surface area (Å²) in [5, 5.41) is 10.3. The second-order valence-corrected chi connectivity index (χ2v) is 6.70. The van der Waals surface area contributed by atoms with Gasteiger partial charge in [0.1, 0.15) is 0 Å². The van der Waals surface area contributed by atoms with Crippen molar-refractivity contribution in [1.29, 1.82) is 0 Å². The fourth-order valence-corrected chi connectivity index (χ4v) is 2.81. The van der Waals surface area contributed by atoms with Crippen molar-refractivity contribution < 1.29 is 5.11 Å². The van der Waals surface area contributed by atoms with Gasteiger partial charge >= 0.3 is 0 Å². The summed E-state index contributed by atoms with van der Waals surface area (Å²) >= 11 is 3.54. The van der Waals surface area contributed by atoms with Gasteiger partial charge in [-0.3, -0.25) is 4.79 Å². The van der Waals surface area contributed by atoms with Crippen LogP contribution in [0.2, 0.25) is 0 Å².